The van der Waals surface area contributed by atoms with Crippen molar-refractivity contribution in [2.75, 3.05) is 5.47 Å². The molecule has 0 aliphatic rings. The molecule has 0 bridgehead atoms. The molecule has 0 aromatic carbocycles. The maximum absolute atomic E-state index is 8.46. The van der Waals surface area contributed by atoms with Crippen LogP contribution in [-0.4, -0.2) is 25.8 Å². The van der Waals surface area contributed by atoms with Gasteiger partial charge in [0.15, 0.2) is 0 Å². The van der Waals surface area contributed by atoms with Crippen LogP contribution in [0.25, 0.3) is 0 Å². The molecule has 48 valence electrons. The number of hydrogen-bond donors (Lipinski definition) is 1. The molecule has 0 saturated carbocycles. The Morgan fingerprint density at radius 2 is 2.25 bits per heavy atom. The Morgan fingerprint density at radius 3 is 2.25 bits per heavy atom. The van der Waals surface area contributed by atoms with E-state index in [2.05, 4.69) is 6.92 Å². The van der Waals surface area contributed by atoms with Crippen LogP contribution in [0.1, 0.15) is 6.92 Å². The molecule has 0 aliphatic heterocycles. The Kier molecular flexibility index (Phi) is 22.4. The third-order valence-electron chi connectivity index (χ3n) is 0.418. The van der Waals surface area contributed by atoms with E-state index in [-0.39, 0.29) is 0 Å². The average molecular weight is 152 g/mol. The molecule has 0 aromatic heterocycles. The van der Waals surface area contributed by atoms with E-state index in [4.69, 9.17) is 14.6 Å². The Bertz CT molecular complexity index is 41.5. The van der Waals surface area contributed by atoms with E-state index in [9.17, 15) is 0 Å². The molecule has 0 saturated heterocycles. The summed E-state index contributed by atoms with van der Waals surface area (Å²) in [5.41, 5.74) is 0.427. The van der Waals surface area contributed by atoms with Crippen LogP contribution in [0.3, 0.4) is 0 Å². The quantitative estimate of drug-likeness (QED) is 0.412. The molecular formula is C3H10AlO3P. The van der Waals surface area contributed by atoms with Gasteiger partial charge in [-0.05, 0) is 8.69 Å². The van der Waals surface area contributed by atoms with Crippen molar-refractivity contribution in [2.24, 2.45) is 0 Å². The van der Waals surface area contributed by atoms with Gasteiger partial charge in [0.2, 0.25) is 0 Å². The van der Waals surface area contributed by atoms with E-state index >= 15 is 0 Å². The number of hydrogen-bond acceptors (Lipinski definition) is 3. The van der Waals surface area contributed by atoms with Gasteiger partial charge in [-0.3, -0.25) is 0 Å². The van der Waals surface area contributed by atoms with Crippen LogP contribution in [0.2, 0.25) is 5.28 Å². The van der Waals surface area contributed by atoms with Crippen molar-refractivity contribution >= 4 is 23.9 Å². The summed E-state index contributed by atoms with van der Waals surface area (Å²) in [5, 5.41) is 9.28. The molecular weight excluding hydrogens is 142 g/mol. The van der Waals surface area contributed by atoms with Gasteiger partial charge in [-0.25, -0.2) is 0 Å². The normalized spacial score (nSPS) is 7.88. The molecule has 8 heavy (non-hydrogen) atoms. The van der Waals surface area contributed by atoms with Crippen molar-refractivity contribution < 1.29 is 14.6 Å². The van der Waals surface area contributed by atoms with Crippen molar-refractivity contribution in [1.82, 2.24) is 0 Å². The van der Waals surface area contributed by atoms with Crippen LogP contribution >= 0.6 is 8.69 Å². The fourth-order valence-corrected chi connectivity index (χ4v) is 0.387. The summed E-state index contributed by atoms with van der Waals surface area (Å²) in [6.07, 6.45) is 0. The minimum Gasteiger partial charge on any atom is -0.804 e. The largest absolute Gasteiger partial charge is 0.804 e. The third-order valence-corrected chi connectivity index (χ3v) is 1.25. The van der Waals surface area contributed by atoms with E-state index in [0.717, 1.165) is 0 Å². The molecule has 1 unspecified atom stereocenters. The second-order valence-electron chi connectivity index (χ2n) is 0.976. The summed E-state index contributed by atoms with van der Waals surface area (Å²) in [6.45, 7) is 2.09. The van der Waals surface area contributed by atoms with Gasteiger partial charge in [0.25, 0.3) is 0 Å². The predicted molar refractivity (Wildman–Crippen MR) is 33.7 cm³/mol. The van der Waals surface area contributed by atoms with E-state index in [1.165, 1.54) is 5.28 Å². The molecule has 0 aromatic rings. The predicted octanol–water partition coefficient (Wildman–Crippen LogP) is -0.903. The first-order valence-corrected chi connectivity index (χ1v) is 4.89. The van der Waals surface area contributed by atoms with Gasteiger partial charge >= 0.3 is 38.0 Å². The van der Waals surface area contributed by atoms with Crippen LogP contribution in [0.4, 0.5) is 0 Å². The second-order valence-corrected chi connectivity index (χ2v) is 2.93. The van der Waals surface area contributed by atoms with E-state index < -0.39 is 8.69 Å². The summed E-state index contributed by atoms with van der Waals surface area (Å²) in [7, 11) is -1.75. The number of aliphatic hydroxyl groups is 1. The fraction of sp³-hybridized carbons (Fsp3) is 1.00. The average Bonchev–Trinajstić information content (AvgIpc) is 1.71. The van der Waals surface area contributed by atoms with Crippen molar-refractivity contribution in [1.29, 1.82) is 0 Å². The molecule has 0 spiro atoms. The van der Waals surface area contributed by atoms with Crippen LogP contribution in [0, 0.1) is 0 Å². The van der Waals surface area contributed by atoms with Gasteiger partial charge < -0.3 is 9.46 Å². The molecule has 0 heterocycles. The number of rotatable bonds is 2. The minimum absolute atomic E-state index is 0.370. The van der Waals surface area contributed by atoms with Gasteiger partial charge in [0, 0.05) is 0 Å². The molecule has 1 N–H and O–H groups in total. The van der Waals surface area contributed by atoms with E-state index in [1.807, 2.05) is 0 Å². The molecule has 0 fully saturated rings. The molecule has 0 aliphatic carbocycles. The smallest absolute Gasteiger partial charge is 0.0110 e. The summed E-state index contributed by atoms with van der Waals surface area (Å²) in [6, 6.07) is 0. The summed E-state index contributed by atoms with van der Waals surface area (Å²) >= 11 is 0.370. The summed E-state index contributed by atoms with van der Waals surface area (Å²) in [5.74, 6) is 0. The first kappa shape index (κ1) is 11.5. The minimum atomic E-state index is -1.75. The Labute approximate surface area is 56.7 Å². The molecule has 1 atom stereocenters. The van der Waals surface area contributed by atoms with E-state index in [1.54, 1.807) is 0 Å². The monoisotopic (exact) mass is 152 g/mol. The third kappa shape index (κ3) is 30.0. The maximum Gasteiger partial charge on any atom is -0.0110 e. The van der Waals surface area contributed by atoms with Crippen molar-refractivity contribution in [3.05, 3.63) is 0 Å². The van der Waals surface area contributed by atoms with Crippen molar-refractivity contribution in [3.63, 3.8) is 0 Å². The topological polar surface area (TPSA) is 60.4 Å². The second kappa shape index (κ2) is 15.6. The summed E-state index contributed by atoms with van der Waals surface area (Å²) < 4.78 is 8.46. The zero-order valence-electron chi connectivity index (χ0n) is 4.83. The molecule has 0 radical (unpaired) electrons. The standard InChI is InChI=1S/C2H5.CH3O.Al.H3O2P/c2*1-2;;1-3-2/h1H2,2H3;2H,1H2;;3H2,(H,1,2)/q;;+1;/p-1. The first-order chi connectivity index (χ1) is 3.83. The van der Waals surface area contributed by atoms with Gasteiger partial charge in [-0.15, -0.1) is 0 Å². The zero-order chi connectivity index (χ0) is 6.83. The maximum atomic E-state index is 8.46. The Hall–Kier alpha value is 0.682. The van der Waals surface area contributed by atoms with Gasteiger partial charge in [0.1, 0.15) is 0 Å². The van der Waals surface area contributed by atoms with Gasteiger partial charge in [-0.2, -0.15) is 0 Å². The van der Waals surface area contributed by atoms with Crippen LogP contribution in [-0.2, 0) is 4.57 Å². The van der Waals surface area contributed by atoms with E-state index in [0.29, 0.717) is 20.7 Å². The summed E-state index contributed by atoms with van der Waals surface area (Å²) in [4.78, 5) is 8.46. The van der Waals surface area contributed by atoms with Crippen LogP contribution in [0.5, 0.6) is 0 Å². The zero-order valence-corrected chi connectivity index (χ0v) is 7.14. The van der Waals surface area contributed by atoms with Crippen molar-refractivity contribution in [3.8, 4) is 0 Å². The van der Waals surface area contributed by atoms with Gasteiger partial charge in [0.05, 0.1) is 0 Å². The molecule has 3 nitrogen and oxygen atoms in total. The number of aliphatic hydroxyl groups excluding tert-OH is 1. The fourth-order valence-electron chi connectivity index (χ4n) is 0.129. The van der Waals surface area contributed by atoms with Crippen LogP contribution < -0.4 is 4.89 Å². The molecule has 0 rings (SSSR count). The Morgan fingerprint density at radius 1 is 1.88 bits per heavy atom. The van der Waals surface area contributed by atoms with Crippen molar-refractivity contribution in [2.45, 2.75) is 12.2 Å². The first-order valence-electron chi connectivity index (χ1n) is 2.31. The Balaban J connectivity index is 0. The molecule has 0 amide bonds. The molecule has 5 heteroatoms. The van der Waals surface area contributed by atoms with Gasteiger partial charge in [-0.1, -0.05) is 0 Å². The SMILES string of the molecule is C[CH2][Al+][CH2]O.O=[PH2][O-]. The van der Waals surface area contributed by atoms with Crippen LogP contribution in [0.15, 0.2) is 0 Å².